The Balaban J connectivity index is 1.38. The second kappa shape index (κ2) is 9.37. The number of benzene rings is 1. The quantitative estimate of drug-likeness (QED) is 0.295. The molecule has 0 radical (unpaired) electrons. The zero-order chi connectivity index (χ0) is 24.9. The highest BCUT2D eigenvalue weighted by Gasteiger charge is 2.29. The third-order valence-corrected chi connectivity index (χ3v) is 6.79. The van der Waals surface area contributed by atoms with Crippen LogP contribution in [0.15, 0.2) is 30.5 Å². The average molecular weight is 540 g/mol. The van der Waals surface area contributed by atoms with Gasteiger partial charge in [0, 0.05) is 39.0 Å². The van der Waals surface area contributed by atoms with E-state index in [1.807, 2.05) is 0 Å². The first-order chi connectivity index (χ1) is 16.7. The molecule has 0 aliphatic heterocycles. The molecule has 1 amide bonds. The van der Waals surface area contributed by atoms with Crippen molar-refractivity contribution >= 4 is 57.6 Å². The Labute approximate surface area is 214 Å². The van der Waals surface area contributed by atoms with Gasteiger partial charge in [-0.2, -0.15) is 10.2 Å². The van der Waals surface area contributed by atoms with Crippen molar-refractivity contribution in [2.24, 2.45) is 0 Å². The van der Waals surface area contributed by atoms with E-state index in [0.29, 0.717) is 27.0 Å². The summed E-state index contributed by atoms with van der Waals surface area (Å²) in [6.07, 6.45) is 0.700. The number of halogens is 5. The van der Waals surface area contributed by atoms with Crippen LogP contribution in [0.25, 0.3) is 11.0 Å². The van der Waals surface area contributed by atoms with Gasteiger partial charge < -0.3 is 5.32 Å². The maximum atomic E-state index is 13.8. The first-order valence-electron chi connectivity index (χ1n) is 10.8. The molecule has 1 aromatic carbocycles. The summed E-state index contributed by atoms with van der Waals surface area (Å²) in [5, 5.41) is 12.7. The summed E-state index contributed by atoms with van der Waals surface area (Å²) < 4.78 is 30.4. The van der Waals surface area contributed by atoms with Gasteiger partial charge >= 0.3 is 0 Å². The fraction of sp³-hybridized carbons (Fsp3) is 0.304. The molecule has 5 rings (SSSR count). The molecule has 1 aliphatic carbocycles. The van der Waals surface area contributed by atoms with Crippen LogP contribution in [0.4, 0.5) is 14.6 Å². The molecule has 4 aromatic rings. The van der Waals surface area contributed by atoms with Crippen LogP contribution in [0.3, 0.4) is 0 Å². The number of carbonyl (C=O) groups is 1. The van der Waals surface area contributed by atoms with Crippen LogP contribution >= 0.6 is 34.8 Å². The second-order valence-corrected chi connectivity index (χ2v) is 9.65. The number of pyridine rings is 1. The van der Waals surface area contributed by atoms with E-state index in [4.69, 9.17) is 34.8 Å². The maximum absolute atomic E-state index is 13.8. The molecule has 35 heavy (non-hydrogen) atoms. The van der Waals surface area contributed by atoms with Crippen LogP contribution in [0.1, 0.15) is 47.7 Å². The van der Waals surface area contributed by atoms with Crippen molar-refractivity contribution in [3.8, 4) is 0 Å². The highest BCUT2D eigenvalue weighted by molar-refractivity contribution is 6.36. The van der Waals surface area contributed by atoms with Gasteiger partial charge in [0.15, 0.2) is 11.5 Å². The van der Waals surface area contributed by atoms with E-state index >= 15 is 0 Å². The van der Waals surface area contributed by atoms with Gasteiger partial charge in [-0.1, -0.05) is 40.9 Å². The number of aromatic nitrogens is 5. The molecule has 0 spiro atoms. The van der Waals surface area contributed by atoms with Crippen molar-refractivity contribution in [1.29, 1.82) is 0 Å². The molecule has 0 bridgehead atoms. The van der Waals surface area contributed by atoms with Crippen LogP contribution in [0.5, 0.6) is 0 Å². The van der Waals surface area contributed by atoms with Crippen LogP contribution < -0.4 is 5.32 Å². The summed E-state index contributed by atoms with van der Waals surface area (Å²) in [7, 11) is 0. The molecule has 1 aliphatic rings. The number of rotatable bonds is 7. The van der Waals surface area contributed by atoms with E-state index in [1.165, 1.54) is 15.4 Å². The van der Waals surface area contributed by atoms with Crippen molar-refractivity contribution in [2.75, 3.05) is 5.32 Å². The molecule has 182 valence electrons. The lowest BCUT2D eigenvalue weighted by molar-refractivity contribution is -0.116. The minimum Gasteiger partial charge on any atom is -0.306 e. The maximum Gasteiger partial charge on any atom is 0.264 e. The highest BCUT2D eigenvalue weighted by atomic mass is 35.5. The molecule has 3 aromatic heterocycles. The largest absolute Gasteiger partial charge is 0.306 e. The summed E-state index contributed by atoms with van der Waals surface area (Å²) >= 11 is 18.7. The van der Waals surface area contributed by atoms with E-state index in [0.717, 1.165) is 12.8 Å². The molecule has 12 heteroatoms. The SMILES string of the molecule is Cc1nn(CC(=O)Nc2nn(Cc3c(Cl)cccc3Cl)cc2Cl)c2nc(C3CC3)cc(C(F)F)c12. The average Bonchev–Trinajstić information content (AvgIpc) is 3.53. The van der Waals surface area contributed by atoms with E-state index in [9.17, 15) is 13.6 Å². The number of alkyl halides is 2. The van der Waals surface area contributed by atoms with Gasteiger partial charge in [-0.15, -0.1) is 0 Å². The molecule has 1 N–H and O–H groups in total. The summed E-state index contributed by atoms with van der Waals surface area (Å²) in [4.78, 5) is 17.4. The van der Waals surface area contributed by atoms with Gasteiger partial charge in [0.25, 0.3) is 6.43 Å². The second-order valence-electron chi connectivity index (χ2n) is 8.42. The zero-order valence-corrected chi connectivity index (χ0v) is 20.7. The van der Waals surface area contributed by atoms with Gasteiger partial charge in [-0.05, 0) is 38.0 Å². The first-order valence-corrected chi connectivity index (χ1v) is 12.0. The number of aryl methyl sites for hydroxylation is 1. The Morgan fingerprint density at radius 1 is 1.17 bits per heavy atom. The molecule has 3 heterocycles. The fourth-order valence-corrected chi connectivity index (χ4v) is 4.71. The third-order valence-electron chi connectivity index (χ3n) is 5.81. The van der Waals surface area contributed by atoms with Crippen LogP contribution in [0, 0.1) is 6.92 Å². The predicted molar refractivity (Wildman–Crippen MR) is 131 cm³/mol. The van der Waals surface area contributed by atoms with Crippen LogP contribution in [-0.4, -0.2) is 30.5 Å². The number of hydrogen-bond acceptors (Lipinski definition) is 4. The van der Waals surface area contributed by atoms with Crippen molar-refractivity contribution < 1.29 is 13.6 Å². The summed E-state index contributed by atoms with van der Waals surface area (Å²) in [5.41, 5.74) is 1.81. The van der Waals surface area contributed by atoms with Gasteiger partial charge in [0.2, 0.25) is 5.91 Å². The normalized spacial score (nSPS) is 13.7. The summed E-state index contributed by atoms with van der Waals surface area (Å²) in [5.74, 6) is -0.161. The monoisotopic (exact) mass is 538 g/mol. The minimum absolute atomic E-state index is 0.110. The number of amides is 1. The van der Waals surface area contributed by atoms with Gasteiger partial charge in [0.1, 0.15) is 11.6 Å². The van der Waals surface area contributed by atoms with E-state index in [2.05, 4.69) is 20.5 Å². The Morgan fingerprint density at radius 3 is 2.54 bits per heavy atom. The standard InChI is InChI=1S/C23H19Cl3F2N6O/c1-11-20-13(21(27)28)7-18(12-5-6-12)29-23(20)34(31-11)10-19(35)30-22-17(26)9-33(32-22)8-14-15(24)3-2-4-16(14)25/h2-4,7,9,12,21H,5-6,8,10H2,1H3,(H,30,32,35). The fourth-order valence-electron chi connectivity index (χ4n) is 3.99. The number of anilines is 1. The van der Waals surface area contributed by atoms with Crippen LogP contribution in [-0.2, 0) is 17.9 Å². The van der Waals surface area contributed by atoms with E-state index in [-0.39, 0.29) is 46.4 Å². The van der Waals surface area contributed by atoms with Crippen molar-refractivity contribution in [3.05, 3.63) is 68.0 Å². The van der Waals surface area contributed by atoms with Crippen molar-refractivity contribution in [2.45, 2.75) is 45.2 Å². The zero-order valence-electron chi connectivity index (χ0n) is 18.4. The topological polar surface area (TPSA) is 77.6 Å². The molecule has 1 saturated carbocycles. The Kier molecular flexibility index (Phi) is 6.41. The molecule has 0 unspecified atom stereocenters. The minimum atomic E-state index is -2.67. The van der Waals surface area contributed by atoms with Crippen molar-refractivity contribution in [1.82, 2.24) is 24.5 Å². The predicted octanol–water partition coefficient (Wildman–Crippen LogP) is 6.40. The molecular weight excluding hydrogens is 521 g/mol. The lowest BCUT2D eigenvalue weighted by atomic mass is 10.1. The van der Waals surface area contributed by atoms with Gasteiger partial charge in [-0.25, -0.2) is 18.4 Å². The number of nitrogens with one attached hydrogen (secondary N) is 1. The lowest BCUT2D eigenvalue weighted by Crippen LogP contribution is -2.20. The number of nitrogens with zero attached hydrogens (tertiary/aromatic N) is 5. The Morgan fingerprint density at radius 2 is 1.89 bits per heavy atom. The molecule has 0 atom stereocenters. The number of hydrogen-bond donors (Lipinski definition) is 1. The summed E-state index contributed by atoms with van der Waals surface area (Å²) in [6.45, 7) is 1.63. The molecular formula is C23H19Cl3F2N6O. The number of fused-ring (bicyclic) bond motifs is 1. The Bertz CT molecular complexity index is 1430. The lowest BCUT2D eigenvalue weighted by Gasteiger charge is -2.08. The number of carbonyl (C=O) groups excluding carboxylic acids is 1. The van der Waals surface area contributed by atoms with E-state index in [1.54, 1.807) is 31.3 Å². The van der Waals surface area contributed by atoms with Gasteiger partial charge in [0.05, 0.1) is 17.6 Å². The Hall–Kier alpha value is -2.75. The first kappa shape index (κ1) is 24.0. The summed E-state index contributed by atoms with van der Waals surface area (Å²) in [6, 6.07) is 6.63. The molecule has 1 fully saturated rings. The van der Waals surface area contributed by atoms with Crippen molar-refractivity contribution in [3.63, 3.8) is 0 Å². The third kappa shape index (κ3) is 4.85. The van der Waals surface area contributed by atoms with Crippen LogP contribution in [0.2, 0.25) is 15.1 Å². The molecule has 0 saturated heterocycles. The van der Waals surface area contributed by atoms with Gasteiger partial charge in [-0.3, -0.25) is 9.48 Å². The smallest absolute Gasteiger partial charge is 0.264 e. The molecule has 7 nitrogen and oxygen atoms in total. The van der Waals surface area contributed by atoms with E-state index < -0.39 is 12.3 Å². The highest BCUT2D eigenvalue weighted by Crippen LogP contribution is 2.42.